The number of carbonyl (C=O) groups excluding carboxylic acids is 2. The Morgan fingerprint density at radius 2 is 1.74 bits per heavy atom. The molecule has 1 amide bonds. The molecule has 1 saturated heterocycles. The molecule has 10 heteroatoms. The smallest absolute Gasteiger partial charge is 0.378 e. The number of fused-ring (bicyclic) bond motifs is 1. The van der Waals surface area contributed by atoms with Crippen molar-refractivity contribution in [1.29, 1.82) is 0 Å². The maximum absolute atomic E-state index is 12.8. The van der Waals surface area contributed by atoms with E-state index in [4.69, 9.17) is 9.47 Å². The Morgan fingerprint density at radius 1 is 1.03 bits per heavy atom. The highest BCUT2D eigenvalue weighted by Gasteiger charge is 2.25. The summed E-state index contributed by atoms with van der Waals surface area (Å²) in [5.41, 5.74) is 1.48. The first-order valence-electron chi connectivity index (χ1n) is 10.1. The summed E-state index contributed by atoms with van der Waals surface area (Å²) in [6.07, 6.45) is 0.722. The Kier molecular flexibility index (Phi) is 5.70. The second-order valence-corrected chi connectivity index (χ2v) is 7.11. The Bertz CT molecular complexity index is 1100. The lowest BCUT2D eigenvalue weighted by Crippen LogP contribution is -2.49. The summed E-state index contributed by atoms with van der Waals surface area (Å²) in [5, 5.41) is 4.29. The van der Waals surface area contributed by atoms with Gasteiger partial charge in [-0.05, 0) is 30.7 Å². The molecule has 0 unspecified atom stereocenters. The Balaban J connectivity index is 1.54. The van der Waals surface area contributed by atoms with Crippen LogP contribution in [0, 0.1) is 0 Å². The fourth-order valence-electron chi connectivity index (χ4n) is 3.54. The predicted molar refractivity (Wildman–Crippen MR) is 113 cm³/mol. The lowest BCUT2D eigenvalue weighted by Gasteiger charge is -2.36. The Morgan fingerprint density at radius 3 is 2.35 bits per heavy atom. The minimum Gasteiger partial charge on any atom is -0.497 e. The van der Waals surface area contributed by atoms with Gasteiger partial charge in [-0.25, -0.2) is 9.78 Å². The summed E-state index contributed by atoms with van der Waals surface area (Å²) in [4.78, 5) is 37.3. The highest BCUT2D eigenvalue weighted by atomic mass is 16.5. The van der Waals surface area contributed by atoms with Crippen molar-refractivity contribution in [2.75, 3.05) is 45.3 Å². The van der Waals surface area contributed by atoms with Gasteiger partial charge in [-0.15, -0.1) is 5.10 Å². The van der Waals surface area contributed by atoms with Crippen LogP contribution in [0.5, 0.6) is 5.75 Å². The van der Waals surface area contributed by atoms with Crippen molar-refractivity contribution >= 4 is 23.5 Å². The van der Waals surface area contributed by atoms with Crippen molar-refractivity contribution < 1.29 is 19.1 Å². The van der Waals surface area contributed by atoms with Gasteiger partial charge in [-0.3, -0.25) is 4.79 Å². The second-order valence-electron chi connectivity index (χ2n) is 7.11. The third kappa shape index (κ3) is 4.00. The number of methoxy groups -OCH3 is 2. The molecule has 0 bridgehead atoms. The van der Waals surface area contributed by atoms with Crippen molar-refractivity contribution in [3.63, 3.8) is 0 Å². The molecule has 1 aliphatic heterocycles. The number of amides is 1. The van der Waals surface area contributed by atoms with Crippen molar-refractivity contribution in [2.45, 2.75) is 13.3 Å². The number of aromatic nitrogens is 4. The summed E-state index contributed by atoms with van der Waals surface area (Å²) >= 11 is 0. The van der Waals surface area contributed by atoms with E-state index in [9.17, 15) is 9.59 Å². The lowest BCUT2D eigenvalue weighted by atomic mass is 10.1. The van der Waals surface area contributed by atoms with Gasteiger partial charge in [0, 0.05) is 43.5 Å². The van der Waals surface area contributed by atoms with Crippen molar-refractivity contribution in [2.24, 2.45) is 0 Å². The van der Waals surface area contributed by atoms with E-state index in [2.05, 4.69) is 20.0 Å². The van der Waals surface area contributed by atoms with Crippen LogP contribution in [-0.2, 0) is 11.2 Å². The number of benzene rings is 1. The largest absolute Gasteiger partial charge is 0.497 e. The van der Waals surface area contributed by atoms with Gasteiger partial charge in [-0.2, -0.15) is 9.50 Å². The van der Waals surface area contributed by atoms with E-state index in [1.54, 1.807) is 35.9 Å². The third-order valence-corrected chi connectivity index (χ3v) is 5.30. The molecule has 1 aliphatic rings. The fraction of sp³-hybridized carbons (Fsp3) is 0.381. The zero-order valence-electron chi connectivity index (χ0n) is 17.7. The maximum atomic E-state index is 12.8. The first-order chi connectivity index (χ1) is 15.0. The molecule has 10 nitrogen and oxygen atoms in total. The van der Waals surface area contributed by atoms with Crippen LogP contribution < -0.4 is 9.64 Å². The first kappa shape index (κ1) is 20.6. The van der Waals surface area contributed by atoms with Gasteiger partial charge in [0.1, 0.15) is 11.6 Å². The number of ether oxygens (including phenoxy) is 2. The van der Waals surface area contributed by atoms with Crippen molar-refractivity contribution in [1.82, 2.24) is 24.5 Å². The number of carbonyl (C=O) groups is 2. The molecule has 1 aromatic carbocycles. The number of rotatable bonds is 5. The highest BCUT2D eigenvalue weighted by molar-refractivity contribution is 5.94. The van der Waals surface area contributed by atoms with Crippen LogP contribution in [0.1, 0.15) is 33.6 Å². The summed E-state index contributed by atoms with van der Waals surface area (Å²) in [6, 6.07) is 9.07. The SMILES string of the molecule is CCc1cc(N2CCN(C(=O)c3ccc(OC)cc3)CC2)n2nc(C(=O)OC)nc2n1. The number of piperazine rings is 1. The van der Waals surface area contributed by atoms with Crippen LogP contribution in [-0.4, -0.2) is 76.8 Å². The zero-order chi connectivity index (χ0) is 22.0. The monoisotopic (exact) mass is 424 g/mol. The summed E-state index contributed by atoms with van der Waals surface area (Å²) in [5.74, 6) is 1.22. The van der Waals surface area contributed by atoms with E-state index in [1.807, 2.05) is 17.9 Å². The van der Waals surface area contributed by atoms with Crippen LogP contribution in [0.25, 0.3) is 5.78 Å². The normalized spacial score (nSPS) is 14.0. The third-order valence-electron chi connectivity index (χ3n) is 5.30. The Labute approximate surface area is 179 Å². The lowest BCUT2D eigenvalue weighted by molar-refractivity contribution is 0.0586. The molecule has 0 spiro atoms. The van der Waals surface area contributed by atoms with E-state index in [0.717, 1.165) is 17.9 Å². The number of anilines is 1. The number of hydrogen-bond donors (Lipinski definition) is 0. The molecule has 4 rings (SSSR count). The summed E-state index contributed by atoms with van der Waals surface area (Å²) in [7, 11) is 2.89. The van der Waals surface area contributed by atoms with Crippen LogP contribution in [0.4, 0.5) is 5.82 Å². The predicted octanol–water partition coefficient (Wildman–Crippen LogP) is 1.44. The van der Waals surface area contributed by atoms with Gasteiger partial charge in [0.25, 0.3) is 17.5 Å². The Hall–Kier alpha value is -3.69. The van der Waals surface area contributed by atoms with E-state index in [-0.39, 0.29) is 11.7 Å². The van der Waals surface area contributed by atoms with Crippen LogP contribution in [0.15, 0.2) is 30.3 Å². The van der Waals surface area contributed by atoms with E-state index in [1.165, 1.54) is 7.11 Å². The summed E-state index contributed by atoms with van der Waals surface area (Å²) < 4.78 is 11.5. The van der Waals surface area contributed by atoms with Crippen LogP contribution in [0.3, 0.4) is 0 Å². The molecule has 0 radical (unpaired) electrons. The van der Waals surface area contributed by atoms with Gasteiger partial charge in [0.2, 0.25) is 0 Å². The number of hydrogen-bond acceptors (Lipinski definition) is 8. The number of esters is 1. The molecule has 0 saturated carbocycles. The molecule has 0 atom stereocenters. The number of nitrogens with zero attached hydrogens (tertiary/aromatic N) is 6. The molecule has 3 aromatic rings. The molecule has 0 aliphatic carbocycles. The summed E-state index contributed by atoms with van der Waals surface area (Å²) in [6.45, 7) is 4.38. The fourth-order valence-corrected chi connectivity index (χ4v) is 3.54. The molecule has 2 aromatic heterocycles. The average molecular weight is 424 g/mol. The quantitative estimate of drug-likeness (QED) is 0.567. The van der Waals surface area contributed by atoms with Gasteiger partial charge >= 0.3 is 5.97 Å². The topological polar surface area (TPSA) is 102 Å². The second kappa shape index (κ2) is 8.58. The van der Waals surface area contributed by atoms with Gasteiger partial charge in [0.15, 0.2) is 0 Å². The zero-order valence-corrected chi connectivity index (χ0v) is 17.7. The molecule has 3 heterocycles. The van der Waals surface area contributed by atoms with Gasteiger partial charge in [0.05, 0.1) is 14.2 Å². The van der Waals surface area contributed by atoms with Crippen molar-refractivity contribution in [3.05, 3.63) is 47.4 Å². The minimum absolute atomic E-state index is 0.00911. The molecule has 31 heavy (non-hydrogen) atoms. The van der Waals surface area contributed by atoms with Crippen LogP contribution >= 0.6 is 0 Å². The van der Waals surface area contributed by atoms with E-state index >= 15 is 0 Å². The van der Waals surface area contributed by atoms with Gasteiger partial charge in [-0.1, -0.05) is 6.92 Å². The van der Waals surface area contributed by atoms with Crippen LogP contribution in [0.2, 0.25) is 0 Å². The van der Waals surface area contributed by atoms with Crippen molar-refractivity contribution in [3.8, 4) is 5.75 Å². The number of aryl methyl sites for hydroxylation is 1. The van der Waals surface area contributed by atoms with Gasteiger partial charge < -0.3 is 19.3 Å². The highest BCUT2D eigenvalue weighted by Crippen LogP contribution is 2.21. The molecular formula is C21H24N6O4. The molecule has 1 fully saturated rings. The standard InChI is InChI=1S/C21H24N6O4/c1-4-15-13-17(27-21(22-15)23-18(24-27)20(29)31-3)25-9-11-26(12-10-25)19(28)14-5-7-16(30-2)8-6-14/h5-8,13H,4,9-12H2,1-3H3. The van der Waals surface area contributed by atoms with E-state index < -0.39 is 5.97 Å². The molecule has 0 N–H and O–H groups in total. The minimum atomic E-state index is -0.607. The van der Waals surface area contributed by atoms with E-state index in [0.29, 0.717) is 43.3 Å². The maximum Gasteiger partial charge on any atom is 0.378 e. The molecular weight excluding hydrogens is 400 g/mol. The first-order valence-corrected chi connectivity index (χ1v) is 10.1. The average Bonchev–Trinajstić information content (AvgIpc) is 3.27. The molecule has 162 valence electrons.